The van der Waals surface area contributed by atoms with Gasteiger partial charge in [-0.05, 0) is 30.5 Å². The lowest BCUT2D eigenvalue weighted by Crippen LogP contribution is -2.23. The molecule has 0 atom stereocenters. The molecule has 0 bridgehead atoms. The summed E-state index contributed by atoms with van der Waals surface area (Å²) in [5.74, 6) is -2.91. The standard InChI is InChI=1S/C16H18N4O.C2HF3O2/c21-16(14-10-17-12-18-11-14)19-9-13-4-3-5-15(8-13)20-6-1-2-7-20;3-2(4,5)1(6)7/h3-5,8,10-12H,1-2,6-7,9H2,(H,19,21);(H,6,7). The zero-order chi connectivity index (χ0) is 20.6. The van der Waals surface area contributed by atoms with Crippen molar-refractivity contribution in [1.82, 2.24) is 15.3 Å². The van der Waals surface area contributed by atoms with Crippen molar-refractivity contribution in [2.45, 2.75) is 25.6 Å². The second kappa shape index (κ2) is 9.67. The molecule has 0 unspecified atom stereocenters. The number of amides is 1. The van der Waals surface area contributed by atoms with Gasteiger partial charge in [0.05, 0.1) is 5.56 Å². The lowest BCUT2D eigenvalue weighted by atomic mass is 10.2. The van der Waals surface area contributed by atoms with E-state index in [-0.39, 0.29) is 5.91 Å². The van der Waals surface area contributed by atoms with E-state index in [1.807, 2.05) is 12.1 Å². The van der Waals surface area contributed by atoms with Gasteiger partial charge in [0.15, 0.2) is 0 Å². The van der Waals surface area contributed by atoms with Crippen LogP contribution in [0.1, 0.15) is 28.8 Å². The molecule has 3 rings (SSSR count). The molecule has 0 radical (unpaired) electrons. The third kappa shape index (κ3) is 6.53. The monoisotopic (exact) mass is 396 g/mol. The summed E-state index contributed by atoms with van der Waals surface area (Å²) in [6.07, 6.45) is 1.88. The molecule has 2 N–H and O–H groups in total. The van der Waals surface area contributed by atoms with E-state index in [4.69, 9.17) is 9.90 Å². The Bertz CT molecular complexity index is 794. The van der Waals surface area contributed by atoms with Crippen LogP contribution in [0, 0.1) is 0 Å². The zero-order valence-corrected chi connectivity index (χ0v) is 14.8. The first-order chi connectivity index (χ1) is 13.3. The fraction of sp³-hybridized carbons (Fsp3) is 0.333. The Morgan fingerprint density at radius 2 is 1.75 bits per heavy atom. The van der Waals surface area contributed by atoms with E-state index >= 15 is 0 Å². The summed E-state index contributed by atoms with van der Waals surface area (Å²) < 4.78 is 31.7. The highest BCUT2D eigenvalue weighted by Crippen LogP contribution is 2.21. The average molecular weight is 396 g/mol. The van der Waals surface area contributed by atoms with E-state index in [1.165, 1.54) is 37.3 Å². The molecule has 1 saturated heterocycles. The molecule has 0 saturated carbocycles. The fourth-order valence-corrected chi connectivity index (χ4v) is 2.54. The number of hydrogen-bond donors (Lipinski definition) is 2. The number of nitrogens with one attached hydrogen (secondary N) is 1. The highest BCUT2D eigenvalue weighted by atomic mass is 19.4. The molecule has 2 heterocycles. The number of hydrogen-bond acceptors (Lipinski definition) is 5. The van der Waals surface area contributed by atoms with Crippen LogP contribution in [0.4, 0.5) is 18.9 Å². The van der Waals surface area contributed by atoms with Crippen LogP contribution >= 0.6 is 0 Å². The average Bonchev–Trinajstić information content (AvgIpc) is 3.22. The number of benzene rings is 1. The van der Waals surface area contributed by atoms with Gasteiger partial charge in [-0.25, -0.2) is 14.8 Å². The maximum Gasteiger partial charge on any atom is 0.490 e. The summed E-state index contributed by atoms with van der Waals surface area (Å²) in [7, 11) is 0. The summed E-state index contributed by atoms with van der Waals surface area (Å²) >= 11 is 0. The Kier molecular flexibility index (Phi) is 7.30. The summed E-state index contributed by atoms with van der Waals surface area (Å²) in [6, 6.07) is 8.34. The highest BCUT2D eigenvalue weighted by Gasteiger charge is 2.38. The lowest BCUT2D eigenvalue weighted by molar-refractivity contribution is -0.192. The van der Waals surface area contributed by atoms with E-state index in [9.17, 15) is 18.0 Å². The highest BCUT2D eigenvalue weighted by molar-refractivity contribution is 5.93. The predicted octanol–water partition coefficient (Wildman–Crippen LogP) is 2.64. The lowest BCUT2D eigenvalue weighted by Gasteiger charge is -2.18. The van der Waals surface area contributed by atoms with Crippen molar-refractivity contribution in [2.75, 3.05) is 18.0 Å². The molecule has 1 fully saturated rings. The van der Waals surface area contributed by atoms with Gasteiger partial charge >= 0.3 is 12.1 Å². The van der Waals surface area contributed by atoms with Crippen LogP contribution in [0.3, 0.4) is 0 Å². The molecule has 10 heteroatoms. The Hall–Kier alpha value is -3.17. The van der Waals surface area contributed by atoms with Crippen LogP contribution in [0.15, 0.2) is 43.0 Å². The van der Waals surface area contributed by atoms with Crippen LogP contribution < -0.4 is 10.2 Å². The van der Waals surface area contributed by atoms with Crippen LogP contribution in [0.5, 0.6) is 0 Å². The SMILES string of the molecule is O=C(NCc1cccc(N2CCCC2)c1)c1cncnc1.O=C(O)C(F)(F)F. The van der Waals surface area contributed by atoms with Crippen LogP contribution in [-0.2, 0) is 11.3 Å². The van der Waals surface area contributed by atoms with E-state index in [0.717, 1.165) is 18.7 Å². The Morgan fingerprint density at radius 1 is 1.14 bits per heavy atom. The number of alkyl halides is 3. The first-order valence-corrected chi connectivity index (χ1v) is 8.44. The van der Waals surface area contributed by atoms with Gasteiger partial charge in [-0.3, -0.25) is 4.79 Å². The van der Waals surface area contributed by atoms with Crippen molar-refractivity contribution in [3.05, 3.63) is 54.1 Å². The minimum Gasteiger partial charge on any atom is -0.475 e. The number of aromatic nitrogens is 2. The van der Waals surface area contributed by atoms with Crippen molar-refractivity contribution >= 4 is 17.6 Å². The topological polar surface area (TPSA) is 95.4 Å². The smallest absolute Gasteiger partial charge is 0.475 e. The predicted molar refractivity (Wildman–Crippen MR) is 94.8 cm³/mol. The minimum atomic E-state index is -5.08. The van der Waals surface area contributed by atoms with Crippen molar-refractivity contribution in [3.8, 4) is 0 Å². The number of carbonyl (C=O) groups excluding carboxylic acids is 1. The van der Waals surface area contributed by atoms with Crippen molar-refractivity contribution in [2.24, 2.45) is 0 Å². The molecule has 28 heavy (non-hydrogen) atoms. The Morgan fingerprint density at radius 3 is 2.32 bits per heavy atom. The van der Waals surface area contributed by atoms with Gasteiger partial charge in [-0.15, -0.1) is 0 Å². The van der Waals surface area contributed by atoms with E-state index in [2.05, 4.69) is 32.3 Å². The van der Waals surface area contributed by atoms with Gasteiger partial charge in [0.25, 0.3) is 5.91 Å². The van der Waals surface area contributed by atoms with Crippen LogP contribution in [0.2, 0.25) is 0 Å². The number of rotatable bonds is 4. The molecule has 150 valence electrons. The zero-order valence-electron chi connectivity index (χ0n) is 14.8. The maximum atomic E-state index is 12.0. The molecular weight excluding hydrogens is 377 g/mol. The van der Waals surface area contributed by atoms with Crippen molar-refractivity contribution < 1.29 is 27.9 Å². The maximum absolute atomic E-state index is 12.0. The number of carbonyl (C=O) groups is 2. The number of halogens is 3. The first-order valence-electron chi connectivity index (χ1n) is 8.44. The van der Waals surface area contributed by atoms with Gasteiger partial charge in [-0.2, -0.15) is 13.2 Å². The molecule has 0 aliphatic carbocycles. The second-order valence-electron chi connectivity index (χ2n) is 5.98. The third-order valence-electron chi connectivity index (χ3n) is 3.90. The van der Waals surface area contributed by atoms with Gasteiger partial charge in [0.2, 0.25) is 0 Å². The largest absolute Gasteiger partial charge is 0.490 e. The van der Waals surface area contributed by atoms with E-state index in [0.29, 0.717) is 12.1 Å². The fourth-order valence-electron chi connectivity index (χ4n) is 2.54. The van der Waals surface area contributed by atoms with Gasteiger partial charge in [0.1, 0.15) is 6.33 Å². The third-order valence-corrected chi connectivity index (χ3v) is 3.90. The van der Waals surface area contributed by atoms with Crippen molar-refractivity contribution in [1.29, 1.82) is 0 Å². The number of nitrogens with zero attached hydrogens (tertiary/aromatic N) is 3. The molecule has 7 nitrogen and oxygen atoms in total. The van der Waals surface area contributed by atoms with Gasteiger partial charge in [0, 0.05) is 37.7 Å². The second-order valence-corrected chi connectivity index (χ2v) is 5.98. The quantitative estimate of drug-likeness (QED) is 0.825. The first kappa shape index (κ1) is 21.1. The summed E-state index contributed by atoms with van der Waals surface area (Å²) in [4.78, 5) is 30.9. The Balaban J connectivity index is 0.000000345. The summed E-state index contributed by atoms with van der Waals surface area (Å²) in [5.41, 5.74) is 2.82. The molecule has 0 spiro atoms. The minimum absolute atomic E-state index is 0.151. The normalized spacial score (nSPS) is 13.5. The molecule has 1 aromatic heterocycles. The Labute approximate surface area is 159 Å². The molecule has 1 amide bonds. The van der Waals surface area contributed by atoms with E-state index in [1.54, 1.807) is 0 Å². The number of carboxylic acid groups (broad SMARTS) is 1. The summed E-state index contributed by atoms with van der Waals surface area (Å²) in [6.45, 7) is 2.75. The van der Waals surface area contributed by atoms with E-state index < -0.39 is 12.1 Å². The number of aliphatic carboxylic acids is 1. The number of anilines is 1. The summed E-state index contributed by atoms with van der Waals surface area (Å²) in [5, 5.41) is 10.0. The number of carboxylic acids is 1. The molecule has 2 aromatic rings. The van der Waals surface area contributed by atoms with Gasteiger partial charge in [-0.1, -0.05) is 12.1 Å². The molecule has 1 aromatic carbocycles. The molecular formula is C18H19F3N4O3. The molecule has 1 aliphatic rings. The van der Waals surface area contributed by atoms with Gasteiger partial charge < -0.3 is 15.3 Å². The van der Waals surface area contributed by atoms with Crippen molar-refractivity contribution in [3.63, 3.8) is 0 Å². The van der Waals surface area contributed by atoms with Crippen LogP contribution in [-0.4, -0.2) is 46.2 Å². The molecule has 1 aliphatic heterocycles. The van der Waals surface area contributed by atoms with Crippen LogP contribution in [0.25, 0.3) is 0 Å².